The van der Waals surface area contributed by atoms with E-state index in [2.05, 4.69) is 11.4 Å². The molecule has 0 radical (unpaired) electrons. The molecule has 1 aliphatic heterocycles. The molecule has 0 bridgehead atoms. The first kappa shape index (κ1) is 15.3. The summed E-state index contributed by atoms with van der Waals surface area (Å²) in [6.07, 6.45) is 0.926. The predicted octanol–water partition coefficient (Wildman–Crippen LogP) is 3.24. The van der Waals surface area contributed by atoms with Gasteiger partial charge in [0.15, 0.2) is 0 Å². The van der Waals surface area contributed by atoms with Crippen LogP contribution in [0.15, 0.2) is 36.4 Å². The normalized spacial score (nSPS) is 14.5. The maximum atomic E-state index is 13.5. The summed E-state index contributed by atoms with van der Waals surface area (Å²) in [6, 6.07) is 10.3. The lowest BCUT2D eigenvalue weighted by atomic mass is 10.1. The lowest BCUT2D eigenvalue weighted by Crippen LogP contribution is -2.24. The highest BCUT2D eigenvalue weighted by molar-refractivity contribution is 6.30. The van der Waals surface area contributed by atoms with Gasteiger partial charge in [-0.05, 0) is 34.9 Å². The highest BCUT2D eigenvalue weighted by Crippen LogP contribution is 2.26. The van der Waals surface area contributed by atoms with Crippen LogP contribution in [0, 0.1) is 5.82 Å². The van der Waals surface area contributed by atoms with E-state index >= 15 is 0 Å². The molecule has 0 saturated carbocycles. The molecule has 0 aromatic heterocycles. The van der Waals surface area contributed by atoms with E-state index in [4.69, 9.17) is 16.3 Å². The van der Waals surface area contributed by atoms with E-state index < -0.39 is 5.82 Å². The van der Waals surface area contributed by atoms with E-state index in [1.54, 1.807) is 6.07 Å². The lowest BCUT2D eigenvalue weighted by molar-refractivity contribution is 0.243. The Balaban J connectivity index is 1.69. The molecule has 3 nitrogen and oxygen atoms in total. The zero-order valence-electron chi connectivity index (χ0n) is 12.0. The maximum absolute atomic E-state index is 13.5. The van der Waals surface area contributed by atoms with Gasteiger partial charge in [-0.1, -0.05) is 29.8 Å². The third kappa shape index (κ3) is 3.24. The molecular formula is C17H17ClFNO2. The second-order valence-corrected chi connectivity index (χ2v) is 5.74. The third-order valence-electron chi connectivity index (χ3n) is 3.84. The van der Waals surface area contributed by atoms with Gasteiger partial charge >= 0.3 is 0 Å². The Morgan fingerprint density at radius 1 is 1.27 bits per heavy atom. The van der Waals surface area contributed by atoms with E-state index in [9.17, 15) is 9.50 Å². The van der Waals surface area contributed by atoms with Gasteiger partial charge in [0.05, 0.1) is 24.3 Å². The number of rotatable bonds is 5. The lowest BCUT2D eigenvalue weighted by Gasteiger charge is -2.17. The Morgan fingerprint density at radius 3 is 2.91 bits per heavy atom. The molecule has 5 heteroatoms. The van der Waals surface area contributed by atoms with Crippen LogP contribution in [0.4, 0.5) is 4.39 Å². The molecule has 1 unspecified atom stereocenters. The summed E-state index contributed by atoms with van der Waals surface area (Å²) in [5.74, 6) is 0.469. The van der Waals surface area contributed by atoms with Crippen LogP contribution in [-0.2, 0) is 13.0 Å². The van der Waals surface area contributed by atoms with Gasteiger partial charge in [-0.3, -0.25) is 0 Å². The standard InChI is InChI=1S/C17H17ClFNO2/c18-14-3-2-12(8-15(14)19)16(10-21)20-9-11-1-4-17-13(7-11)5-6-22-17/h1-4,7-8,16,20-21H,5-6,9-10H2. The summed E-state index contributed by atoms with van der Waals surface area (Å²) < 4.78 is 19.0. The van der Waals surface area contributed by atoms with Crippen LogP contribution in [0.2, 0.25) is 5.02 Å². The second kappa shape index (κ2) is 6.65. The van der Waals surface area contributed by atoms with Crippen LogP contribution in [0.3, 0.4) is 0 Å². The predicted molar refractivity (Wildman–Crippen MR) is 83.7 cm³/mol. The van der Waals surface area contributed by atoms with Crippen molar-refractivity contribution in [3.05, 3.63) is 63.9 Å². The number of aliphatic hydroxyl groups is 1. The van der Waals surface area contributed by atoms with Crippen molar-refractivity contribution in [2.24, 2.45) is 0 Å². The first-order valence-corrected chi connectivity index (χ1v) is 7.59. The van der Waals surface area contributed by atoms with Gasteiger partial charge in [0, 0.05) is 13.0 Å². The van der Waals surface area contributed by atoms with Crippen molar-refractivity contribution in [3.8, 4) is 5.75 Å². The highest BCUT2D eigenvalue weighted by Gasteiger charge is 2.14. The summed E-state index contributed by atoms with van der Waals surface area (Å²) in [5, 5.41) is 12.9. The fourth-order valence-electron chi connectivity index (χ4n) is 2.61. The van der Waals surface area contributed by atoms with Gasteiger partial charge < -0.3 is 15.2 Å². The SMILES string of the molecule is OCC(NCc1ccc2c(c1)CCO2)c1ccc(Cl)c(F)c1. The van der Waals surface area contributed by atoms with Gasteiger partial charge in [-0.25, -0.2) is 4.39 Å². The number of nitrogens with one attached hydrogen (secondary N) is 1. The number of fused-ring (bicyclic) bond motifs is 1. The van der Waals surface area contributed by atoms with E-state index in [-0.39, 0.29) is 17.7 Å². The topological polar surface area (TPSA) is 41.5 Å². The molecule has 1 aliphatic rings. The van der Waals surface area contributed by atoms with Crippen molar-refractivity contribution in [1.82, 2.24) is 5.32 Å². The van der Waals surface area contributed by atoms with Crippen LogP contribution in [0.1, 0.15) is 22.7 Å². The zero-order chi connectivity index (χ0) is 15.5. The Morgan fingerprint density at radius 2 is 2.14 bits per heavy atom. The van der Waals surface area contributed by atoms with Gasteiger partial charge in [0.1, 0.15) is 11.6 Å². The Kier molecular flexibility index (Phi) is 4.62. The molecule has 0 saturated heterocycles. The third-order valence-corrected chi connectivity index (χ3v) is 4.14. The molecule has 22 heavy (non-hydrogen) atoms. The van der Waals surface area contributed by atoms with Crippen LogP contribution in [0.5, 0.6) is 5.75 Å². The highest BCUT2D eigenvalue weighted by atomic mass is 35.5. The fourth-order valence-corrected chi connectivity index (χ4v) is 2.73. The molecule has 3 rings (SSSR count). The Labute approximate surface area is 133 Å². The molecule has 0 aliphatic carbocycles. The molecule has 116 valence electrons. The molecular weight excluding hydrogens is 305 g/mol. The Bertz CT molecular complexity index is 678. The largest absolute Gasteiger partial charge is 0.493 e. The molecule has 0 fully saturated rings. The smallest absolute Gasteiger partial charge is 0.142 e. The minimum absolute atomic E-state index is 0.0825. The van der Waals surface area contributed by atoms with Crippen molar-refractivity contribution in [2.45, 2.75) is 19.0 Å². The molecule has 1 atom stereocenters. The zero-order valence-corrected chi connectivity index (χ0v) is 12.7. The minimum Gasteiger partial charge on any atom is -0.493 e. The molecule has 2 aromatic carbocycles. The van der Waals surface area contributed by atoms with Crippen LogP contribution < -0.4 is 10.1 Å². The monoisotopic (exact) mass is 321 g/mol. The fraction of sp³-hybridized carbons (Fsp3) is 0.294. The number of halogens is 2. The quantitative estimate of drug-likeness (QED) is 0.888. The average Bonchev–Trinajstić information content (AvgIpc) is 2.99. The van der Waals surface area contributed by atoms with Crippen molar-refractivity contribution in [3.63, 3.8) is 0 Å². The minimum atomic E-state index is -0.478. The van der Waals surface area contributed by atoms with E-state index in [0.717, 1.165) is 24.3 Å². The summed E-state index contributed by atoms with van der Waals surface area (Å²) in [7, 11) is 0. The average molecular weight is 322 g/mol. The summed E-state index contributed by atoms with van der Waals surface area (Å²) in [5.41, 5.74) is 2.99. The van der Waals surface area contributed by atoms with Crippen molar-refractivity contribution in [1.29, 1.82) is 0 Å². The van der Waals surface area contributed by atoms with Crippen molar-refractivity contribution < 1.29 is 14.2 Å². The molecule has 1 heterocycles. The van der Waals surface area contributed by atoms with E-state index in [1.165, 1.54) is 17.7 Å². The number of hydrogen-bond donors (Lipinski definition) is 2. The molecule has 0 spiro atoms. The number of ether oxygens (including phenoxy) is 1. The first-order chi connectivity index (χ1) is 10.7. The Hall–Kier alpha value is -1.62. The number of aliphatic hydroxyl groups excluding tert-OH is 1. The summed E-state index contributed by atoms with van der Waals surface area (Å²) >= 11 is 5.69. The molecule has 2 aromatic rings. The van der Waals surface area contributed by atoms with Crippen LogP contribution in [0.25, 0.3) is 0 Å². The summed E-state index contributed by atoms with van der Waals surface area (Å²) in [4.78, 5) is 0. The van der Waals surface area contributed by atoms with E-state index in [1.807, 2.05) is 12.1 Å². The van der Waals surface area contributed by atoms with Gasteiger partial charge in [-0.15, -0.1) is 0 Å². The number of hydrogen-bond acceptors (Lipinski definition) is 3. The van der Waals surface area contributed by atoms with Crippen LogP contribution >= 0.6 is 11.6 Å². The molecule has 2 N–H and O–H groups in total. The van der Waals surface area contributed by atoms with Gasteiger partial charge in [0.2, 0.25) is 0 Å². The van der Waals surface area contributed by atoms with Gasteiger partial charge in [-0.2, -0.15) is 0 Å². The molecule has 0 amide bonds. The van der Waals surface area contributed by atoms with Crippen molar-refractivity contribution >= 4 is 11.6 Å². The van der Waals surface area contributed by atoms with Crippen LogP contribution in [-0.4, -0.2) is 18.3 Å². The van der Waals surface area contributed by atoms with E-state index in [0.29, 0.717) is 12.1 Å². The second-order valence-electron chi connectivity index (χ2n) is 5.33. The summed E-state index contributed by atoms with van der Waals surface area (Å²) in [6.45, 7) is 1.20. The van der Waals surface area contributed by atoms with Gasteiger partial charge in [0.25, 0.3) is 0 Å². The number of benzene rings is 2. The van der Waals surface area contributed by atoms with Crippen molar-refractivity contribution in [2.75, 3.05) is 13.2 Å². The first-order valence-electron chi connectivity index (χ1n) is 7.21. The maximum Gasteiger partial charge on any atom is 0.142 e.